The Kier molecular flexibility index (Phi) is 6.69. The summed E-state index contributed by atoms with van der Waals surface area (Å²) in [7, 11) is 0. The third kappa shape index (κ3) is 4.70. The van der Waals surface area contributed by atoms with Crippen molar-refractivity contribution in [1.29, 1.82) is 0 Å². The van der Waals surface area contributed by atoms with Crippen molar-refractivity contribution in [1.82, 2.24) is 15.1 Å². The standard InChI is InChI=1S/C31H38N4O2/c1-20(2)23-12-14-24(15-13-23)27-18-28-29(36)35(26-16-11-21(3)22(4)17-26)31(5,19-34(28)33-27)30(37)32-25-9-7-6-8-10-25/h11-18,20,25H,6-10,19H2,1-5H3,(H,32,37)/t31-/m0/s1. The lowest BCUT2D eigenvalue weighted by Gasteiger charge is -2.44. The Morgan fingerprint density at radius 1 is 1.00 bits per heavy atom. The second-order valence-corrected chi connectivity index (χ2v) is 11.3. The second kappa shape index (κ2) is 9.81. The predicted octanol–water partition coefficient (Wildman–Crippen LogP) is 6.16. The van der Waals surface area contributed by atoms with Gasteiger partial charge in [-0.2, -0.15) is 5.10 Å². The summed E-state index contributed by atoms with van der Waals surface area (Å²) in [6.07, 6.45) is 5.45. The van der Waals surface area contributed by atoms with Crippen LogP contribution in [0, 0.1) is 13.8 Å². The molecular weight excluding hydrogens is 460 g/mol. The molecule has 5 rings (SSSR count). The summed E-state index contributed by atoms with van der Waals surface area (Å²) in [5, 5.41) is 8.11. The van der Waals surface area contributed by atoms with Gasteiger partial charge in [-0.25, -0.2) is 0 Å². The fourth-order valence-electron chi connectivity index (χ4n) is 5.62. The zero-order valence-electron chi connectivity index (χ0n) is 22.7. The fraction of sp³-hybridized carbons (Fsp3) is 0.452. The van der Waals surface area contributed by atoms with Gasteiger partial charge >= 0.3 is 0 Å². The lowest BCUT2D eigenvalue weighted by molar-refractivity contribution is -0.127. The van der Waals surface area contributed by atoms with E-state index in [4.69, 9.17) is 5.10 Å². The van der Waals surface area contributed by atoms with E-state index in [-0.39, 0.29) is 17.9 Å². The van der Waals surface area contributed by atoms with Gasteiger partial charge in [0.15, 0.2) is 0 Å². The van der Waals surface area contributed by atoms with Gasteiger partial charge in [0.05, 0.1) is 12.2 Å². The van der Waals surface area contributed by atoms with Crippen molar-refractivity contribution >= 4 is 17.5 Å². The van der Waals surface area contributed by atoms with E-state index in [0.717, 1.165) is 53.8 Å². The lowest BCUT2D eigenvalue weighted by atomic mass is 9.90. The Bertz CT molecular complexity index is 1320. The normalized spacial score (nSPS) is 20.3. The van der Waals surface area contributed by atoms with Crippen LogP contribution in [0.25, 0.3) is 11.3 Å². The van der Waals surface area contributed by atoms with Crippen molar-refractivity contribution in [2.75, 3.05) is 4.90 Å². The first-order valence-electron chi connectivity index (χ1n) is 13.6. The van der Waals surface area contributed by atoms with Gasteiger partial charge in [-0.1, -0.05) is 63.4 Å². The lowest BCUT2D eigenvalue weighted by Crippen LogP contribution is -2.65. The summed E-state index contributed by atoms with van der Waals surface area (Å²) < 4.78 is 1.73. The molecule has 0 bridgehead atoms. The van der Waals surface area contributed by atoms with Crippen LogP contribution in [0.1, 0.15) is 86.0 Å². The average molecular weight is 499 g/mol. The number of nitrogens with one attached hydrogen (secondary N) is 1. The van der Waals surface area contributed by atoms with E-state index in [1.807, 2.05) is 38.1 Å². The number of hydrogen-bond acceptors (Lipinski definition) is 3. The van der Waals surface area contributed by atoms with Crippen molar-refractivity contribution in [3.05, 3.63) is 70.9 Å². The highest BCUT2D eigenvalue weighted by atomic mass is 16.2. The molecule has 1 aliphatic carbocycles. The van der Waals surface area contributed by atoms with Crippen molar-refractivity contribution in [3.63, 3.8) is 0 Å². The molecule has 2 amide bonds. The first kappa shape index (κ1) is 25.2. The monoisotopic (exact) mass is 498 g/mol. The van der Waals surface area contributed by atoms with E-state index in [0.29, 0.717) is 18.2 Å². The van der Waals surface area contributed by atoms with Gasteiger partial charge < -0.3 is 5.32 Å². The van der Waals surface area contributed by atoms with Crippen LogP contribution in [0.15, 0.2) is 48.5 Å². The molecule has 37 heavy (non-hydrogen) atoms. The molecule has 0 unspecified atom stereocenters. The summed E-state index contributed by atoms with van der Waals surface area (Å²) in [5.41, 5.74) is 5.35. The SMILES string of the molecule is Cc1ccc(N2C(=O)c3cc(-c4ccc(C(C)C)cc4)nn3C[C@@]2(C)C(=O)NC2CCCCC2)cc1C. The topological polar surface area (TPSA) is 67.2 Å². The van der Waals surface area contributed by atoms with Crippen LogP contribution in [0.2, 0.25) is 0 Å². The number of benzene rings is 2. The molecule has 6 heteroatoms. The number of carbonyl (C=O) groups is 2. The molecule has 2 aromatic carbocycles. The van der Waals surface area contributed by atoms with Crippen molar-refractivity contribution < 1.29 is 9.59 Å². The van der Waals surface area contributed by atoms with Crippen LogP contribution in [0.4, 0.5) is 5.69 Å². The average Bonchev–Trinajstić information content (AvgIpc) is 3.31. The number of amides is 2. The van der Waals surface area contributed by atoms with Gasteiger partial charge in [-0.15, -0.1) is 0 Å². The van der Waals surface area contributed by atoms with Crippen molar-refractivity contribution in [2.24, 2.45) is 0 Å². The summed E-state index contributed by atoms with van der Waals surface area (Å²) >= 11 is 0. The highest BCUT2D eigenvalue weighted by Crippen LogP contribution is 2.35. The Morgan fingerprint density at radius 2 is 1.70 bits per heavy atom. The summed E-state index contributed by atoms with van der Waals surface area (Å²) in [6, 6.07) is 16.3. The molecule has 194 valence electrons. The number of aromatic nitrogens is 2. The molecule has 1 saturated carbocycles. The zero-order chi connectivity index (χ0) is 26.3. The fourth-order valence-corrected chi connectivity index (χ4v) is 5.62. The van der Waals surface area contributed by atoms with Gasteiger partial charge in [0, 0.05) is 17.3 Å². The van der Waals surface area contributed by atoms with E-state index < -0.39 is 5.54 Å². The van der Waals surface area contributed by atoms with Crippen LogP contribution in [0.5, 0.6) is 0 Å². The number of rotatable bonds is 5. The second-order valence-electron chi connectivity index (χ2n) is 11.3. The van der Waals surface area contributed by atoms with Gasteiger partial charge in [0.2, 0.25) is 5.91 Å². The van der Waals surface area contributed by atoms with Crippen molar-refractivity contribution in [3.8, 4) is 11.3 Å². The number of fused-ring (bicyclic) bond motifs is 1. The van der Waals surface area contributed by atoms with Crippen LogP contribution in [-0.2, 0) is 11.3 Å². The molecule has 1 aromatic heterocycles. The molecule has 1 N–H and O–H groups in total. The quantitative estimate of drug-likeness (QED) is 0.458. The molecule has 0 spiro atoms. The van der Waals surface area contributed by atoms with Crippen LogP contribution >= 0.6 is 0 Å². The molecule has 2 heterocycles. The Morgan fingerprint density at radius 3 is 2.35 bits per heavy atom. The van der Waals surface area contributed by atoms with E-state index in [1.165, 1.54) is 12.0 Å². The molecule has 1 atom stereocenters. The van der Waals surface area contributed by atoms with E-state index in [1.54, 1.807) is 9.58 Å². The molecule has 3 aromatic rings. The molecule has 1 fully saturated rings. The highest BCUT2D eigenvalue weighted by Gasteiger charge is 2.49. The maximum absolute atomic E-state index is 14.1. The summed E-state index contributed by atoms with van der Waals surface area (Å²) in [5.74, 6) is 0.129. The molecule has 0 saturated heterocycles. The summed E-state index contributed by atoms with van der Waals surface area (Å²) in [6.45, 7) is 10.6. The van der Waals surface area contributed by atoms with Crippen LogP contribution < -0.4 is 10.2 Å². The van der Waals surface area contributed by atoms with Gasteiger partial charge in [-0.3, -0.25) is 19.2 Å². The molecule has 2 aliphatic rings. The summed E-state index contributed by atoms with van der Waals surface area (Å²) in [4.78, 5) is 29.7. The first-order valence-corrected chi connectivity index (χ1v) is 13.6. The zero-order valence-corrected chi connectivity index (χ0v) is 22.7. The minimum atomic E-state index is -1.10. The number of aryl methyl sites for hydroxylation is 2. The number of hydrogen-bond donors (Lipinski definition) is 1. The first-order chi connectivity index (χ1) is 17.7. The molecule has 1 aliphatic heterocycles. The number of nitrogens with zero attached hydrogens (tertiary/aromatic N) is 3. The van der Waals surface area contributed by atoms with Gasteiger partial charge in [0.25, 0.3) is 5.91 Å². The molecule has 0 radical (unpaired) electrons. The largest absolute Gasteiger partial charge is 0.351 e. The van der Waals surface area contributed by atoms with Crippen LogP contribution in [0.3, 0.4) is 0 Å². The third-order valence-electron chi connectivity index (χ3n) is 8.20. The van der Waals surface area contributed by atoms with Gasteiger partial charge in [-0.05, 0) is 74.4 Å². The smallest absolute Gasteiger partial charge is 0.277 e. The predicted molar refractivity (Wildman–Crippen MR) is 148 cm³/mol. The van der Waals surface area contributed by atoms with Crippen molar-refractivity contribution in [2.45, 2.75) is 90.8 Å². The van der Waals surface area contributed by atoms with E-state index in [9.17, 15) is 9.59 Å². The van der Waals surface area contributed by atoms with E-state index in [2.05, 4.69) is 50.4 Å². The molecular formula is C31H38N4O2. The van der Waals surface area contributed by atoms with E-state index >= 15 is 0 Å². The number of carbonyl (C=O) groups excluding carboxylic acids is 2. The highest BCUT2D eigenvalue weighted by molar-refractivity contribution is 6.12. The maximum atomic E-state index is 14.1. The Hall–Kier alpha value is -3.41. The Labute approximate surface area is 220 Å². The molecule has 6 nitrogen and oxygen atoms in total. The minimum absolute atomic E-state index is 0.116. The van der Waals surface area contributed by atoms with Crippen LogP contribution in [-0.4, -0.2) is 33.2 Å². The Balaban J connectivity index is 1.55. The number of anilines is 1. The minimum Gasteiger partial charge on any atom is -0.351 e. The van der Waals surface area contributed by atoms with Gasteiger partial charge in [0.1, 0.15) is 11.2 Å². The third-order valence-corrected chi connectivity index (χ3v) is 8.20. The maximum Gasteiger partial charge on any atom is 0.277 e.